The number of methoxy groups -OCH3 is 1. The Labute approximate surface area is 240 Å². The van der Waals surface area contributed by atoms with E-state index in [1.807, 2.05) is 0 Å². The third-order valence-electron chi connectivity index (χ3n) is 5.84. The summed E-state index contributed by atoms with van der Waals surface area (Å²) in [4.78, 5) is 71.1. The molecule has 2 rings (SSSR count). The maximum atomic E-state index is 12.2. The molecule has 17 heteroatoms. The average Bonchev–Trinajstić information content (AvgIpc) is 2.86. The van der Waals surface area contributed by atoms with Crippen molar-refractivity contribution in [1.29, 1.82) is 0 Å². The minimum atomic E-state index is -1.72. The van der Waals surface area contributed by atoms with Gasteiger partial charge in [0, 0.05) is 48.7 Å². The van der Waals surface area contributed by atoms with E-state index in [-0.39, 0.29) is 0 Å². The predicted octanol–water partition coefficient (Wildman–Crippen LogP) is -1.32. The largest absolute Gasteiger partial charge is 0.463 e. The highest BCUT2D eigenvalue weighted by Crippen LogP contribution is 2.34. The van der Waals surface area contributed by atoms with E-state index in [4.69, 9.17) is 47.4 Å². The van der Waals surface area contributed by atoms with Crippen LogP contribution in [-0.4, -0.2) is 123 Å². The molecule has 2 aliphatic rings. The highest BCUT2D eigenvalue weighted by Gasteiger charge is 2.56. The zero-order chi connectivity index (χ0) is 31.7. The van der Waals surface area contributed by atoms with Gasteiger partial charge in [0.05, 0.1) is 0 Å². The maximum absolute atomic E-state index is 12.2. The van der Waals surface area contributed by atoms with Gasteiger partial charge in [-0.25, -0.2) is 0 Å². The van der Waals surface area contributed by atoms with Crippen molar-refractivity contribution >= 4 is 35.8 Å². The predicted molar refractivity (Wildman–Crippen MR) is 131 cm³/mol. The van der Waals surface area contributed by atoms with E-state index in [0.29, 0.717) is 0 Å². The van der Waals surface area contributed by atoms with Gasteiger partial charge >= 0.3 is 35.8 Å². The van der Waals surface area contributed by atoms with Crippen LogP contribution in [0.1, 0.15) is 41.5 Å². The molecule has 2 saturated heterocycles. The van der Waals surface area contributed by atoms with Gasteiger partial charge < -0.3 is 52.5 Å². The summed E-state index contributed by atoms with van der Waals surface area (Å²) in [5.74, 6) is -4.82. The number of esters is 6. The van der Waals surface area contributed by atoms with E-state index in [2.05, 4.69) is 0 Å². The van der Waals surface area contributed by atoms with Crippen LogP contribution in [0, 0.1) is 0 Å². The fraction of sp³-hybridized carbons (Fsp3) is 0.760. The van der Waals surface area contributed by atoms with E-state index in [1.54, 1.807) is 0 Å². The molecule has 0 spiro atoms. The van der Waals surface area contributed by atoms with Crippen molar-refractivity contribution in [2.45, 2.75) is 103 Å². The molecule has 17 nitrogen and oxygen atoms in total. The minimum absolute atomic E-state index is 0.484. The van der Waals surface area contributed by atoms with Crippen LogP contribution in [0.4, 0.5) is 0 Å². The Bertz CT molecular complexity index is 997. The Morgan fingerprint density at radius 3 is 1.40 bits per heavy atom. The third kappa shape index (κ3) is 9.87. The number of aliphatic hydroxyl groups is 1. The first-order valence-electron chi connectivity index (χ1n) is 12.8. The molecule has 2 fully saturated rings. The summed E-state index contributed by atoms with van der Waals surface area (Å²) < 4.78 is 54.4. The number of hydrogen-bond donors (Lipinski definition) is 1. The van der Waals surface area contributed by atoms with Crippen molar-refractivity contribution in [3.8, 4) is 0 Å². The van der Waals surface area contributed by atoms with Crippen molar-refractivity contribution in [2.24, 2.45) is 0 Å². The Morgan fingerprint density at radius 1 is 0.548 bits per heavy atom. The zero-order valence-electron chi connectivity index (χ0n) is 24.2. The van der Waals surface area contributed by atoms with Gasteiger partial charge in [-0.05, 0) is 0 Å². The van der Waals surface area contributed by atoms with Crippen LogP contribution < -0.4 is 0 Å². The lowest BCUT2D eigenvalue weighted by molar-refractivity contribution is -0.359. The van der Waals surface area contributed by atoms with Gasteiger partial charge in [-0.3, -0.25) is 28.8 Å². The van der Waals surface area contributed by atoms with Crippen LogP contribution in [0.5, 0.6) is 0 Å². The first-order chi connectivity index (χ1) is 19.6. The quantitative estimate of drug-likeness (QED) is 0.213. The first-order valence-corrected chi connectivity index (χ1v) is 12.8. The second-order valence-electron chi connectivity index (χ2n) is 9.31. The molecular formula is C25H36O17. The molecule has 0 aliphatic carbocycles. The summed E-state index contributed by atoms with van der Waals surface area (Å²) >= 11 is 0. The van der Waals surface area contributed by atoms with Crippen LogP contribution in [0.25, 0.3) is 0 Å². The average molecular weight is 609 g/mol. The molecule has 0 saturated carbocycles. The van der Waals surface area contributed by atoms with Gasteiger partial charge in [-0.2, -0.15) is 0 Å². The fourth-order valence-electron chi connectivity index (χ4n) is 4.34. The molecule has 238 valence electrons. The van der Waals surface area contributed by atoms with Crippen molar-refractivity contribution in [2.75, 3.05) is 20.3 Å². The van der Waals surface area contributed by atoms with Gasteiger partial charge in [-0.15, -0.1) is 0 Å². The van der Waals surface area contributed by atoms with Crippen LogP contribution in [-0.2, 0) is 76.1 Å². The molecule has 1 N–H and O–H groups in total. The fourth-order valence-corrected chi connectivity index (χ4v) is 4.34. The summed E-state index contributed by atoms with van der Waals surface area (Å²) in [5, 5.41) is 10.9. The van der Waals surface area contributed by atoms with Crippen molar-refractivity contribution in [1.82, 2.24) is 0 Å². The lowest BCUT2D eigenvalue weighted by atomic mass is 9.96. The van der Waals surface area contributed by atoms with Gasteiger partial charge in [0.15, 0.2) is 37.0 Å². The molecule has 42 heavy (non-hydrogen) atoms. The summed E-state index contributed by atoms with van der Waals surface area (Å²) in [6.45, 7) is 5.46. The zero-order valence-corrected chi connectivity index (χ0v) is 24.2. The number of rotatable bonds is 11. The first kappa shape index (κ1) is 34.8. The summed E-state index contributed by atoms with van der Waals surface area (Å²) in [6, 6.07) is 0. The lowest BCUT2D eigenvalue weighted by Gasteiger charge is -2.48. The van der Waals surface area contributed by atoms with E-state index < -0.39 is 110 Å². The Balaban J connectivity index is 2.60. The van der Waals surface area contributed by atoms with E-state index in [9.17, 15) is 33.9 Å². The van der Waals surface area contributed by atoms with E-state index >= 15 is 0 Å². The lowest BCUT2D eigenvalue weighted by Crippen LogP contribution is -2.66. The molecular weight excluding hydrogens is 572 g/mol. The molecule has 0 aromatic heterocycles. The summed E-state index contributed by atoms with van der Waals surface area (Å²) in [5.41, 5.74) is 0. The second kappa shape index (κ2) is 15.7. The molecule has 2 aliphatic heterocycles. The third-order valence-corrected chi connectivity index (χ3v) is 5.84. The number of ether oxygens (including phenoxy) is 10. The standard InChI is InChI=1S/C25H36O17/c1-10(26)34-8-16-18(32)20(36-12(3)28)22(38-14(5)30)25(40-16)42-19-17(9-35-11(2)27)41-24(33-7)23(39-15(6)31)21(19)37-13(4)29/h16-25,32H,8-9H2,1-7H3/t16-,17-,18-,19-,20+,21+,22-,23-,24-,25+/m1/s1. The number of carbonyl (C=O) groups excluding carboxylic acids is 6. The molecule has 10 atom stereocenters. The van der Waals surface area contributed by atoms with Gasteiger partial charge in [0.2, 0.25) is 0 Å². The smallest absolute Gasteiger partial charge is 0.303 e. The van der Waals surface area contributed by atoms with E-state index in [0.717, 1.165) is 41.5 Å². The second-order valence-corrected chi connectivity index (χ2v) is 9.31. The van der Waals surface area contributed by atoms with E-state index in [1.165, 1.54) is 7.11 Å². The molecule has 0 aromatic carbocycles. The summed E-state index contributed by atoms with van der Waals surface area (Å²) in [6.07, 6.45) is -15.0. The SMILES string of the molecule is CO[C@@H]1O[C@H](COC(C)=O)[C@@H](O[C@@H]2O[C@H](COC(C)=O)[C@@H](O)[C@H](OC(C)=O)[C@H]2OC(C)=O)[C@H](OC(C)=O)[C@H]1OC(C)=O. The van der Waals surface area contributed by atoms with Crippen LogP contribution in [0.15, 0.2) is 0 Å². The maximum Gasteiger partial charge on any atom is 0.303 e. The molecule has 0 unspecified atom stereocenters. The van der Waals surface area contributed by atoms with Crippen LogP contribution in [0.3, 0.4) is 0 Å². The van der Waals surface area contributed by atoms with Gasteiger partial charge in [0.25, 0.3) is 0 Å². The van der Waals surface area contributed by atoms with Crippen molar-refractivity contribution in [3.05, 3.63) is 0 Å². The molecule has 2 heterocycles. The van der Waals surface area contributed by atoms with Crippen molar-refractivity contribution < 1.29 is 81.2 Å². The van der Waals surface area contributed by atoms with Crippen LogP contribution in [0.2, 0.25) is 0 Å². The number of aliphatic hydroxyl groups excluding tert-OH is 1. The van der Waals surface area contributed by atoms with Crippen LogP contribution >= 0.6 is 0 Å². The molecule has 0 radical (unpaired) electrons. The highest BCUT2D eigenvalue weighted by atomic mass is 16.8. The molecule has 0 bridgehead atoms. The highest BCUT2D eigenvalue weighted by molar-refractivity contribution is 5.68. The normalized spacial score (nSPS) is 32.6. The monoisotopic (exact) mass is 608 g/mol. The molecule has 0 aromatic rings. The van der Waals surface area contributed by atoms with Gasteiger partial charge in [-0.1, -0.05) is 0 Å². The summed E-state index contributed by atoms with van der Waals surface area (Å²) in [7, 11) is 1.22. The Kier molecular flexibility index (Phi) is 13.0. The topological polar surface area (TPSA) is 215 Å². The van der Waals surface area contributed by atoms with Crippen molar-refractivity contribution in [3.63, 3.8) is 0 Å². The molecule has 0 amide bonds. The minimum Gasteiger partial charge on any atom is -0.463 e. The Morgan fingerprint density at radius 2 is 0.952 bits per heavy atom. The van der Waals surface area contributed by atoms with Gasteiger partial charge in [0.1, 0.15) is 37.6 Å². The Hall–Kier alpha value is -3.38. The number of hydrogen-bond acceptors (Lipinski definition) is 17. The number of carbonyl (C=O) groups is 6.